The van der Waals surface area contributed by atoms with Gasteiger partial charge in [-0.2, -0.15) is 0 Å². The van der Waals surface area contributed by atoms with Gasteiger partial charge in [-0.15, -0.1) is 0 Å². The van der Waals surface area contributed by atoms with Gasteiger partial charge in [0.15, 0.2) is 6.10 Å². The van der Waals surface area contributed by atoms with Crippen molar-refractivity contribution >= 4 is 17.9 Å². The van der Waals surface area contributed by atoms with Crippen LogP contribution in [0.1, 0.15) is 252 Å². The molecule has 6 nitrogen and oxygen atoms in total. The fraction of sp³-hybridized carbons (Fsp3) is 0.646. The van der Waals surface area contributed by atoms with Crippen molar-refractivity contribution < 1.29 is 28.6 Å². The molecule has 0 aliphatic carbocycles. The van der Waals surface area contributed by atoms with Crippen molar-refractivity contribution in [3.63, 3.8) is 0 Å². The first kappa shape index (κ1) is 66.8. The summed E-state index contributed by atoms with van der Waals surface area (Å²) < 4.78 is 16.8. The summed E-state index contributed by atoms with van der Waals surface area (Å²) in [5, 5.41) is 0. The summed E-state index contributed by atoms with van der Waals surface area (Å²) in [6, 6.07) is 0. The van der Waals surface area contributed by atoms with Gasteiger partial charge in [-0.1, -0.05) is 232 Å². The second-order valence-electron chi connectivity index (χ2n) is 18.8. The van der Waals surface area contributed by atoms with E-state index in [0.29, 0.717) is 19.3 Å². The second-order valence-corrected chi connectivity index (χ2v) is 18.8. The highest BCUT2D eigenvalue weighted by atomic mass is 16.6. The zero-order valence-corrected chi connectivity index (χ0v) is 45.9. The topological polar surface area (TPSA) is 78.9 Å². The normalized spacial score (nSPS) is 13.0. The van der Waals surface area contributed by atoms with Crippen molar-refractivity contribution in [2.75, 3.05) is 13.2 Å². The minimum absolute atomic E-state index is 0.0955. The zero-order chi connectivity index (χ0) is 51.4. The van der Waals surface area contributed by atoms with E-state index in [0.717, 1.165) is 154 Å². The van der Waals surface area contributed by atoms with Gasteiger partial charge in [0, 0.05) is 19.3 Å². The van der Waals surface area contributed by atoms with Gasteiger partial charge >= 0.3 is 17.9 Å². The van der Waals surface area contributed by atoms with Crippen LogP contribution in [0.25, 0.3) is 0 Å². The molecule has 0 saturated carbocycles. The molecule has 0 saturated heterocycles. The molecule has 0 aromatic carbocycles. The molecule has 0 aliphatic rings. The van der Waals surface area contributed by atoms with Gasteiger partial charge in [0.1, 0.15) is 13.2 Å². The average molecular weight is 984 g/mol. The van der Waals surface area contributed by atoms with Gasteiger partial charge in [-0.25, -0.2) is 0 Å². The maximum absolute atomic E-state index is 12.9. The number of carbonyl (C=O) groups excluding carboxylic acids is 3. The largest absolute Gasteiger partial charge is 0.462 e. The van der Waals surface area contributed by atoms with E-state index in [1.54, 1.807) is 0 Å². The number of ether oxygens (including phenoxy) is 3. The van der Waals surface area contributed by atoms with Crippen LogP contribution < -0.4 is 0 Å². The Morgan fingerprint density at radius 3 is 0.859 bits per heavy atom. The van der Waals surface area contributed by atoms with Crippen LogP contribution in [0, 0.1) is 0 Å². The molecule has 0 aliphatic heterocycles. The number of allylic oxidation sites excluding steroid dienone is 20. The van der Waals surface area contributed by atoms with E-state index in [-0.39, 0.29) is 31.1 Å². The van der Waals surface area contributed by atoms with Gasteiger partial charge < -0.3 is 14.2 Å². The molecule has 0 aromatic heterocycles. The standard InChI is InChI=1S/C65H106O6/c1-4-7-10-13-16-19-22-25-27-29-30-31-32-33-34-36-37-40-43-46-49-52-55-58-64(67)70-61-62(60-69-63(66)57-54-51-48-45-42-39-24-21-18-15-12-9-6-3)71-65(68)59-56-53-50-47-44-41-38-35-28-26-23-20-17-14-11-8-5-2/h7-8,10-12,15-17,19-21,24-28,30-31,33-34,62H,4-6,9,13-14,18,22-23,29,32,35-61H2,1-3H3/b10-7-,11-8-,15-12-,19-16-,20-17-,24-21-,27-25-,28-26-,31-30-,34-33-. The molecular formula is C65H106O6. The van der Waals surface area contributed by atoms with Crippen molar-refractivity contribution in [2.45, 2.75) is 258 Å². The summed E-state index contributed by atoms with van der Waals surface area (Å²) >= 11 is 0. The van der Waals surface area contributed by atoms with Crippen molar-refractivity contribution in [1.82, 2.24) is 0 Å². The first-order valence-corrected chi connectivity index (χ1v) is 29.0. The van der Waals surface area contributed by atoms with Crippen LogP contribution in [0.15, 0.2) is 122 Å². The molecule has 0 amide bonds. The van der Waals surface area contributed by atoms with Gasteiger partial charge in [0.05, 0.1) is 0 Å². The average Bonchev–Trinajstić information content (AvgIpc) is 3.37. The Morgan fingerprint density at radius 2 is 0.549 bits per heavy atom. The molecule has 0 radical (unpaired) electrons. The van der Waals surface area contributed by atoms with E-state index in [2.05, 4.69) is 142 Å². The molecular weight excluding hydrogens is 877 g/mol. The lowest BCUT2D eigenvalue weighted by Crippen LogP contribution is -2.30. The smallest absolute Gasteiger partial charge is 0.306 e. The van der Waals surface area contributed by atoms with Gasteiger partial charge in [0.25, 0.3) is 0 Å². The molecule has 0 aromatic rings. The summed E-state index contributed by atoms with van der Waals surface area (Å²) in [5.74, 6) is -0.931. The van der Waals surface area contributed by atoms with E-state index < -0.39 is 6.10 Å². The van der Waals surface area contributed by atoms with Crippen molar-refractivity contribution in [3.8, 4) is 0 Å². The van der Waals surface area contributed by atoms with Gasteiger partial charge in [0.2, 0.25) is 0 Å². The fourth-order valence-electron chi connectivity index (χ4n) is 7.64. The maximum atomic E-state index is 12.9. The Hall–Kier alpha value is -4.19. The van der Waals surface area contributed by atoms with Crippen LogP contribution in [0.2, 0.25) is 0 Å². The number of unbranched alkanes of at least 4 members (excludes halogenated alkanes) is 20. The molecule has 0 heterocycles. The lowest BCUT2D eigenvalue weighted by Gasteiger charge is -2.18. The van der Waals surface area contributed by atoms with Crippen molar-refractivity contribution in [1.29, 1.82) is 0 Å². The summed E-state index contributed by atoms with van der Waals surface area (Å²) in [6.45, 7) is 6.32. The molecule has 0 N–H and O–H groups in total. The highest BCUT2D eigenvalue weighted by molar-refractivity contribution is 5.71. The SMILES string of the molecule is CC/C=C\C/C=C\C/C=C\C/C=C\C/C=C\CCCCCCCCCC(=O)OCC(COC(=O)CCCCCCC/C=C\C/C=C\CCC)OC(=O)CCCCCCCCC/C=C\C/C=C\C/C=C\CC. The third kappa shape index (κ3) is 56.6. The van der Waals surface area contributed by atoms with Crippen LogP contribution in [0.4, 0.5) is 0 Å². The van der Waals surface area contributed by atoms with Crippen LogP contribution in [-0.2, 0) is 28.6 Å². The Labute approximate surface area is 437 Å². The Balaban J connectivity index is 4.41. The summed E-state index contributed by atoms with van der Waals surface area (Å²) in [5.41, 5.74) is 0. The molecule has 402 valence electrons. The fourth-order valence-corrected chi connectivity index (χ4v) is 7.64. The Kier molecular flexibility index (Phi) is 54.9. The molecule has 1 atom stereocenters. The predicted molar refractivity (Wildman–Crippen MR) is 306 cm³/mol. The summed E-state index contributed by atoms with van der Waals surface area (Å²) in [6.07, 6.45) is 80.4. The lowest BCUT2D eigenvalue weighted by atomic mass is 10.1. The summed E-state index contributed by atoms with van der Waals surface area (Å²) in [4.78, 5) is 38.2. The van der Waals surface area contributed by atoms with Crippen LogP contribution in [0.3, 0.4) is 0 Å². The van der Waals surface area contributed by atoms with Crippen LogP contribution in [0.5, 0.6) is 0 Å². The first-order valence-electron chi connectivity index (χ1n) is 29.0. The molecule has 0 rings (SSSR count). The van der Waals surface area contributed by atoms with E-state index in [4.69, 9.17) is 14.2 Å². The second kappa shape index (κ2) is 58.4. The third-order valence-corrected chi connectivity index (χ3v) is 11.9. The van der Waals surface area contributed by atoms with Gasteiger partial charge in [-0.3, -0.25) is 14.4 Å². The summed E-state index contributed by atoms with van der Waals surface area (Å²) in [7, 11) is 0. The zero-order valence-electron chi connectivity index (χ0n) is 45.9. The van der Waals surface area contributed by atoms with E-state index in [1.807, 2.05) is 0 Å². The number of carbonyl (C=O) groups is 3. The number of hydrogen-bond acceptors (Lipinski definition) is 6. The van der Waals surface area contributed by atoms with E-state index in [1.165, 1.54) is 57.8 Å². The molecule has 0 fully saturated rings. The molecule has 0 spiro atoms. The first-order chi connectivity index (χ1) is 35.0. The van der Waals surface area contributed by atoms with Crippen molar-refractivity contribution in [2.24, 2.45) is 0 Å². The quantitative estimate of drug-likeness (QED) is 0.0261. The van der Waals surface area contributed by atoms with Crippen molar-refractivity contribution in [3.05, 3.63) is 122 Å². The maximum Gasteiger partial charge on any atom is 0.306 e. The molecule has 6 heteroatoms. The number of rotatable bonds is 51. The monoisotopic (exact) mass is 983 g/mol. The third-order valence-electron chi connectivity index (χ3n) is 11.9. The molecule has 71 heavy (non-hydrogen) atoms. The van der Waals surface area contributed by atoms with Gasteiger partial charge in [-0.05, 0) is 122 Å². The van der Waals surface area contributed by atoms with Crippen LogP contribution >= 0.6 is 0 Å². The Bertz CT molecular complexity index is 1500. The minimum atomic E-state index is -0.798. The van der Waals surface area contributed by atoms with E-state index >= 15 is 0 Å². The Morgan fingerprint density at radius 1 is 0.296 bits per heavy atom. The number of esters is 3. The van der Waals surface area contributed by atoms with E-state index in [9.17, 15) is 14.4 Å². The predicted octanol–water partition coefficient (Wildman–Crippen LogP) is 19.6. The highest BCUT2D eigenvalue weighted by Gasteiger charge is 2.19. The highest BCUT2D eigenvalue weighted by Crippen LogP contribution is 2.14. The molecule has 0 bridgehead atoms. The van der Waals surface area contributed by atoms with Crippen LogP contribution in [-0.4, -0.2) is 37.2 Å². The lowest BCUT2D eigenvalue weighted by molar-refractivity contribution is -0.167. The molecule has 1 unspecified atom stereocenters. The number of hydrogen-bond donors (Lipinski definition) is 0. The minimum Gasteiger partial charge on any atom is -0.462 e.